The van der Waals surface area contributed by atoms with Crippen molar-refractivity contribution in [3.8, 4) is 0 Å². The van der Waals surface area contributed by atoms with E-state index in [9.17, 15) is 14.4 Å². The fourth-order valence-corrected chi connectivity index (χ4v) is 3.83. The normalized spacial score (nSPS) is 23.0. The summed E-state index contributed by atoms with van der Waals surface area (Å²) >= 11 is 3.35. The Kier molecular flexibility index (Phi) is 6.03. The second-order valence-electron chi connectivity index (χ2n) is 6.67. The Morgan fingerprint density at radius 1 is 1.24 bits per heavy atom. The van der Waals surface area contributed by atoms with Gasteiger partial charge in [-0.3, -0.25) is 14.4 Å². The average molecular weight is 411 g/mol. The number of benzene rings is 1. The Labute approximate surface area is 156 Å². The van der Waals surface area contributed by atoms with E-state index in [1.54, 1.807) is 45.0 Å². The number of ketones is 1. The fraction of sp³-hybridized carbons (Fsp3) is 0.526. The first-order valence-electron chi connectivity index (χ1n) is 8.42. The third kappa shape index (κ3) is 3.94. The minimum atomic E-state index is -1.07. The topological polar surface area (TPSA) is 69.7 Å². The monoisotopic (exact) mass is 410 g/mol. The lowest BCUT2D eigenvalue weighted by atomic mass is 9.70. The molecule has 1 aromatic rings. The molecule has 5 nitrogen and oxygen atoms in total. The number of esters is 2. The fourth-order valence-electron chi connectivity index (χ4n) is 3.56. The number of carbonyl (C=O) groups is 3. The van der Waals surface area contributed by atoms with Crippen LogP contribution in [0.25, 0.3) is 0 Å². The van der Waals surface area contributed by atoms with Crippen molar-refractivity contribution in [3.63, 3.8) is 0 Å². The van der Waals surface area contributed by atoms with Crippen LogP contribution in [-0.2, 0) is 19.1 Å². The van der Waals surface area contributed by atoms with Crippen molar-refractivity contribution in [2.24, 2.45) is 17.8 Å². The molecule has 2 rings (SSSR count). The highest BCUT2D eigenvalue weighted by Crippen LogP contribution is 2.44. The smallest absolute Gasteiger partial charge is 0.321 e. The molecular weight excluding hydrogens is 388 g/mol. The zero-order chi connectivity index (χ0) is 18.8. The Hall–Kier alpha value is -1.69. The predicted octanol–water partition coefficient (Wildman–Crippen LogP) is 3.79. The molecule has 0 unspecified atom stereocenters. The van der Waals surface area contributed by atoms with Crippen LogP contribution in [0.3, 0.4) is 0 Å². The van der Waals surface area contributed by atoms with Gasteiger partial charge in [0, 0.05) is 21.9 Å². The highest BCUT2D eigenvalue weighted by Gasteiger charge is 2.58. The van der Waals surface area contributed by atoms with Crippen LogP contribution >= 0.6 is 15.9 Å². The third-order valence-electron chi connectivity index (χ3n) is 4.66. The molecule has 1 fully saturated rings. The van der Waals surface area contributed by atoms with Gasteiger partial charge in [0.25, 0.3) is 0 Å². The van der Waals surface area contributed by atoms with Crippen molar-refractivity contribution in [3.05, 3.63) is 34.3 Å². The number of hydrogen-bond acceptors (Lipinski definition) is 5. The van der Waals surface area contributed by atoms with Crippen LogP contribution in [0.5, 0.6) is 0 Å². The zero-order valence-corrected chi connectivity index (χ0v) is 16.5. The Morgan fingerprint density at radius 3 is 2.36 bits per heavy atom. The largest absolute Gasteiger partial charge is 0.465 e. The summed E-state index contributed by atoms with van der Waals surface area (Å²) in [5, 5.41) is 0. The van der Waals surface area contributed by atoms with E-state index < -0.39 is 35.3 Å². The number of cyclic esters (lactones) is 1. The quantitative estimate of drug-likeness (QED) is 0.405. The molecule has 0 aromatic heterocycles. The average Bonchev–Trinajstić information content (AvgIpc) is 2.78. The molecule has 3 atom stereocenters. The van der Waals surface area contributed by atoms with Gasteiger partial charge in [-0.05, 0) is 39.3 Å². The van der Waals surface area contributed by atoms with E-state index in [4.69, 9.17) is 9.47 Å². The summed E-state index contributed by atoms with van der Waals surface area (Å²) in [5.74, 6) is -3.49. The van der Waals surface area contributed by atoms with E-state index in [0.29, 0.717) is 12.0 Å². The van der Waals surface area contributed by atoms with Crippen LogP contribution in [-0.4, -0.2) is 29.9 Å². The second kappa shape index (κ2) is 7.68. The second-order valence-corrected chi connectivity index (χ2v) is 7.58. The molecule has 1 saturated heterocycles. The summed E-state index contributed by atoms with van der Waals surface area (Å²) in [6.45, 7) is 7.22. The minimum Gasteiger partial charge on any atom is -0.465 e. The Balaban J connectivity index is 2.40. The molecular formula is C19H23BrO5. The van der Waals surface area contributed by atoms with E-state index in [1.165, 1.54) is 0 Å². The van der Waals surface area contributed by atoms with Crippen LogP contribution in [0.2, 0.25) is 0 Å². The van der Waals surface area contributed by atoms with Gasteiger partial charge in [0.05, 0.1) is 6.61 Å². The molecule has 136 valence electrons. The number of hydrogen-bond donors (Lipinski definition) is 0. The van der Waals surface area contributed by atoms with E-state index >= 15 is 0 Å². The maximum Gasteiger partial charge on any atom is 0.321 e. The lowest BCUT2D eigenvalue weighted by molar-refractivity contribution is -0.157. The van der Waals surface area contributed by atoms with Gasteiger partial charge in [-0.15, -0.1) is 0 Å². The first-order chi connectivity index (χ1) is 11.7. The first-order valence-corrected chi connectivity index (χ1v) is 9.21. The lowest BCUT2D eigenvalue weighted by Gasteiger charge is -2.32. The zero-order valence-electron chi connectivity index (χ0n) is 14.9. The van der Waals surface area contributed by atoms with Crippen LogP contribution in [0.1, 0.15) is 44.5 Å². The molecule has 0 aliphatic carbocycles. The van der Waals surface area contributed by atoms with Crippen LogP contribution in [0.15, 0.2) is 28.7 Å². The molecule has 1 aliphatic rings. The van der Waals surface area contributed by atoms with Gasteiger partial charge in [0.1, 0.15) is 5.60 Å². The SMILES string of the molecule is CCOC(=O)[C@@H]1C(=O)OC(C)(C)[C@H]1[C@H](CC)C(=O)c1ccc(Br)cc1. The number of halogens is 1. The minimum absolute atomic E-state index is 0.0966. The van der Waals surface area contributed by atoms with E-state index in [2.05, 4.69) is 15.9 Å². The molecule has 1 aliphatic heterocycles. The van der Waals surface area contributed by atoms with Gasteiger partial charge < -0.3 is 9.47 Å². The first kappa shape index (κ1) is 19.6. The van der Waals surface area contributed by atoms with Crippen molar-refractivity contribution < 1.29 is 23.9 Å². The molecule has 0 spiro atoms. The van der Waals surface area contributed by atoms with E-state index in [1.807, 2.05) is 6.92 Å². The van der Waals surface area contributed by atoms with Crippen LogP contribution in [0.4, 0.5) is 0 Å². The Bertz CT molecular complexity index is 665. The summed E-state index contributed by atoms with van der Waals surface area (Å²) < 4.78 is 11.4. The summed E-state index contributed by atoms with van der Waals surface area (Å²) in [6, 6.07) is 7.06. The molecule has 1 aromatic carbocycles. The summed E-state index contributed by atoms with van der Waals surface area (Å²) in [5.41, 5.74) is -0.368. The van der Waals surface area contributed by atoms with Crippen LogP contribution < -0.4 is 0 Å². The molecule has 6 heteroatoms. The van der Waals surface area contributed by atoms with Gasteiger partial charge in [-0.25, -0.2) is 0 Å². The molecule has 0 amide bonds. The lowest BCUT2D eigenvalue weighted by Crippen LogP contribution is -2.42. The molecule has 1 heterocycles. The van der Waals surface area contributed by atoms with Crippen molar-refractivity contribution in [1.29, 1.82) is 0 Å². The highest BCUT2D eigenvalue weighted by atomic mass is 79.9. The highest BCUT2D eigenvalue weighted by molar-refractivity contribution is 9.10. The van der Waals surface area contributed by atoms with Gasteiger partial charge in [0.2, 0.25) is 0 Å². The van der Waals surface area contributed by atoms with Gasteiger partial charge in [0.15, 0.2) is 11.7 Å². The Morgan fingerprint density at radius 2 is 1.84 bits per heavy atom. The summed E-state index contributed by atoms with van der Waals surface area (Å²) in [4.78, 5) is 37.7. The van der Waals surface area contributed by atoms with Gasteiger partial charge in [-0.2, -0.15) is 0 Å². The number of carbonyl (C=O) groups excluding carboxylic acids is 3. The molecule has 0 bridgehead atoms. The maximum absolute atomic E-state index is 13.1. The third-order valence-corrected chi connectivity index (χ3v) is 5.19. The molecule has 25 heavy (non-hydrogen) atoms. The molecule has 0 saturated carbocycles. The van der Waals surface area contributed by atoms with Crippen LogP contribution in [0, 0.1) is 17.8 Å². The molecule has 0 radical (unpaired) electrons. The number of rotatable bonds is 6. The predicted molar refractivity (Wildman–Crippen MR) is 96.0 cm³/mol. The number of Topliss-reactive ketones (excluding diaryl/α,β-unsaturated/α-hetero) is 1. The van der Waals surface area contributed by atoms with Crippen molar-refractivity contribution in [1.82, 2.24) is 0 Å². The summed E-state index contributed by atoms with van der Waals surface area (Å²) in [6.07, 6.45) is 0.496. The van der Waals surface area contributed by atoms with E-state index in [-0.39, 0.29) is 12.4 Å². The van der Waals surface area contributed by atoms with Gasteiger partial charge in [-0.1, -0.05) is 35.0 Å². The van der Waals surface area contributed by atoms with E-state index in [0.717, 1.165) is 4.47 Å². The van der Waals surface area contributed by atoms with Crippen molar-refractivity contribution in [2.75, 3.05) is 6.61 Å². The summed E-state index contributed by atoms with van der Waals surface area (Å²) in [7, 11) is 0. The maximum atomic E-state index is 13.1. The van der Waals surface area contributed by atoms with Crippen molar-refractivity contribution in [2.45, 2.75) is 39.7 Å². The number of ether oxygens (including phenoxy) is 2. The van der Waals surface area contributed by atoms with Crippen molar-refractivity contribution >= 4 is 33.7 Å². The molecule has 0 N–H and O–H groups in total. The standard InChI is InChI=1S/C19H23BrO5/c1-5-13(16(21)11-7-9-12(20)10-8-11)15-14(17(22)24-6-2)18(23)25-19(15,3)4/h7-10,13-15H,5-6H2,1-4H3/t13-,14+,15-/m0/s1. The van der Waals surface area contributed by atoms with Gasteiger partial charge >= 0.3 is 11.9 Å².